The number of hydrogen-bond donors (Lipinski definition) is 3. The molecule has 0 spiro atoms. The lowest BCUT2D eigenvalue weighted by molar-refractivity contribution is 0.102. The van der Waals surface area contributed by atoms with Crippen molar-refractivity contribution in [3.63, 3.8) is 0 Å². The van der Waals surface area contributed by atoms with Gasteiger partial charge in [0.15, 0.2) is 0 Å². The van der Waals surface area contributed by atoms with E-state index in [1.54, 1.807) is 25.1 Å². The number of sulfonamides is 1. The number of rotatable bonds is 4. The standard InChI is InChI=1S/C19H23N3O4S/c1-13-11-15(3-8-18(13)23)19(24)21-16-4-6-17(7-5-16)27(25,26)22-10-9-20-12-14(22)2/h3-8,11,14,20,23H,9-10,12H2,1-2H3,(H,21,24). The molecule has 2 aromatic rings. The number of phenolic OH excluding ortho intramolecular Hbond substituents is 1. The fourth-order valence-electron chi connectivity index (χ4n) is 3.03. The van der Waals surface area contributed by atoms with Crippen LogP contribution in [0.5, 0.6) is 5.75 Å². The highest BCUT2D eigenvalue weighted by molar-refractivity contribution is 7.89. The highest BCUT2D eigenvalue weighted by Crippen LogP contribution is 2.22. The quantitative estimate of drug-likeness (QED) is 0.742. The Balaban J connectivity index is 1.75. The molecule has 27 heavy (non-hydrogen) atoms. The molecular weight excluding hydrogens is 366 g/mol. The smallest absolute Gasteiger partial charge is 0.255 e. The zero-order valence-electron chi connectivity index (χ0n) is 15.3. The topological polar surface area (TPSA) is 98.7 Å². The molecule has 0 bridgehead atoms. The van der Waals surface area contributed by atoms with E-state index in [4.69, 9.17) is 0 Å². The van der Waals surface area contributed by atoms with Crippen molar-refractivity contribution in [3.05, 3.63) is 53.6 Å². The van der Waals surface area contributed by atoms with Crippen molar-refractivity contribution < 1.29 is 18.3 Å². The average Bonchev–Trinajstić information content (AvgIpc) is 2.64. The molecule has 1 amide bonds. The van der Waals surface area contributed by atoms with E-state index in [1.807, 2.05) is 6.92 Å². The average molecular weight is 389 g/mol. The number of benzene rings is 2. The molecule has 3 rings (SSSR count). The number of aromatic hydroxyl groups is 1. The number of phenols is 1. The minimum Gasteiger partial charge on any atom is -0.508 e. The lowest BCUT2D eigenvalue weighted by atomic mass is 10.1. The molecule has 144 valence electrons. The maximum Gasteiger partial charge on any atom is 0.255 e. The molecule has 1 atom stereocenters. The van der Waals surface area contributed by atoms with E-state index in [1.165, 1.54) is 28.6 Å². The van der Waals surface area contributed by atoms with Gasteiger partial charge in [0.05, 0.1) is 4.90 Å². The third-order valence-corrected chi connectivity index (χ3v) is 6.65. The molecule has 0 aliphatic carbocycles. The largest absolute Gasteiger partial charge is 0.508 e. The summed E-state index contributed by atoms with van der Waals surface area (Å²) in [6, 6.07) is 10.6. The fourth-order valence-corrected chi connectivity index (χ4v) is 4.66. The van der Waals surface area contributed by atoms with E-state index in [0.29, 0.717) is 36.4 Å². The zero-order valence-corrected chi connectivity index (χ0v) is 16.1. The van der Waals surface area contributed by atoms with Crippen molar-refractivity contribution in [2.24, 2.45) is 0 Å². The molecule has 1 heterocycles. The highest BCUT2D eigenvalue weighted by Gasteiger charge is 2.30. The van der Waals surface area contributed by atoms with E-state index >= 15 is 0 Å². The lowest BCUT2D eigenvalue weighted by Crippen LogP contribution is -2.52. The van der Waals surface area contributed by atoms with Gasteiger partial charge in [0, 0.05) is 36.9 Å². The number of piperazine rings is 1. The van der Waals surface area contributed by atoms with Crippen molar-refractivity contribution in [1.29, 1.82) is 0 Å². The minimum absolute atomic E-state index is 0.110. The van der Waals surface area contributed by atoms with Crippen LogP contribution in [0, 0.1) is 6.92 Å². The zero-order chi connectivity index (χ0) is 19.6. The Morgan fingerprint density at radius 2 is 1.93 bits per heavy atom. The molecule has 1 aliphatic heterocycles. The monoisotopic (exact) mass is 389 g/mol. The number of nitrogens with one attached hydrogen (secondary N) is 2. The third kappa shape index (κ3) is 4.13. The van der Waals surface area contributed by atoms with Crippen molar-refractivity contribution in [1.82, 2.24) is 9.62 Å². The number of nitrogens with zero attached hydrogens (tertiary/aromatic N) is 1. The van der Waals surface area contributed by atoms with Crippen LogP contribution >= 0.6 is 0 Å². The Kier molecular flexibility index (Phi) is 5.50. The Labute approximate surface area is 159 Å². The molecule has 1 fully saturated rings. The Morgan fingerprint density at radius 3 is 2.56 bits per heavy atom. The summed E-state index contributed by atoms with van der Waals surface area (Å²) in [5.74, 6) is -0.201. The van der Waals surface area contributed by atoms with Gasteiger partial charge in [-0.1, -0.05) is 0 Å². The van der Waals surface area contributed by atoms with Crippen LogP contribution in [0.4, 0.5) is 5.69 Å². The number of amides is 1. The number of hydrogen-bond acceptors (Lipinski definition) is 5. The summed E-state index contributed by atoms with van der Waals surface area (Å²) in [6.45, 7) is 5.27. The Morgan fingerprint density at radius 1 is 1.22 bits per heavy atom. The molecular formula is C19H23N3O4S. The van der Waals surface area contributed by atoms with E-state index in [9.17, 15) is 18.3 Å². The van der Waals surface area contributed by atoms with Crippen LogP contribution in [0.1, 0.15) is 22.8 Å². The maximum atomic E-state index is 12.8. The van der Waals surface area contributed by atoms with Gasteiger partial charge in [0.2, 0.25) is 10.0 Å². The fraction of sp³-hybridized carbons (Fsp3) is 0.316. The number of carbonyl (C=O) groups excluding carboxylic acids is 1. The molecule has 3 N–H and O–H groups in total. The molecule has 1 aliphatic rings. The molecule has 1 unspecified atom stereocenters. The first kappa shape index (κ1) is 19.3. The van der Waals surface area contributed by atoms with Crippen LogP contribution in [0.3, 0.4) is 0 Å². The maximum absolute atomic E-state index is 12.8. The molecule has 2 aromatic carbocycles. The first-order valence-corrected chi connectivity index (χ1v) is 10.2. The van der Waals surface area contributed by atoms with Gasteiger partial charge in [-0.25, -0.2) is 8.42 Å². The van der Waals surface area contributed by atoms with Crippen molar-refractivity contribution in [3.8, 4) is 5.75 Å². The SMILES string of the molecule is Cc1cc(C(=O)Nc2ccc(S(=O)(=O)N3CCNCC3C)cc2)ccc1O. The number of carbonyl (C=O) groups is 1. The summed E-state index contributed by atoms with van der Waals surface area (Å²) < 4.78 is 27.1. The predicted octanol–water partition coefficient (Wildman–Crippen LogP) is 1.94. The Bertz CT molecular complexity index is 942. The highest BCUT2D eigenvalue weighted by atomic mass is 32.2. The third-order valence-electron chi connectivity index (χ3n) is 4.62. The van der Waals surface area contributed by atoms with Gasteiger partial charge >= 0.3 is 0 Å². The van der Waals surface area contributed by atoms with E-state index in [0.717, 1.165) is 0 Å². The van der Waals surface area contributed by atoms with Gasteiger partial charge in [0.25, 0.3) is 5.91 Å². The van der Waals surface area contributed by atoms with Crippen LogP contribution in [-0.2, 0) is 10.0 Å². The van der Waals surface area contributed by atoms with Gasteiger partial charge < -0.3 is 15.7 Å². The number of anilines is 1. The van der Waals surface area contributed by atoms with Crippen LogP contribution < -0.4 is 10.6 Å². The molecule has 0 aromatic heterocycles. The minimum atomic E-state index is -3.57. The predicted molar refractivity (Wildman–Crippen MR) is 103 cm³/mol. The second kappa shape index (κ2) is 7.67. The summed E-state index contributed by atoms with van der Waals surface area (Å²) in [5.41, 5.74) is 1.52. The summed E-state index contributed by atoms with van der Waals surface area (Å²) in [5, 5.41) is 15.5. The normalized spacial score (nSPS) is 18.2. The molecule has 1 saturated heterocycles. The van der Waals surface area contributed by atoms with E-state index < -0.39 is 10.0 Å². The van der Waals surface area contributed by atoms with Crippen LogP contribution in [0.2, 0.25) is 0 Å². The number of aryl methyl sites for hydroxylation is 1. The molecule has 8 heteroatoms. The second-order valence-electron chi connectivity index (χ2n) is 6.65. The van der Waals surface area contributed by atoms with E-state index in [-0.39, 0.29) is 22.6 Å². The van der Waals surface area contributed by atoms with E-state index in [2.05, 4.69) is 10.6 Å². The van der Waals surface area contributed by atoms with Crippen molar-refractivity contribution >= 4 is 21.6 Å². The summed E-state index contributed by atoms with van der Waals surface area (Å²) in [7, 11) is -3.57. The molecule has 7 nitrogen and oxygen atoms in total. The molecule has 0 saturated carbocycles. The second-order valence-corrected chi connectivity index (χ2v) is 8.54. The van der Waals surface area contributed by atoms with Crippen LogP contribution in [0.25, 0.3) is 0 Å². The Hall–Kier alpha value is -2.42. The van der Waals surface area contributed by atoms with Crippen molar-refractivity contribution in [2.45, 2.75) is 24.8 Å². The van der Waals surface area contributed by atoms with Crippen LogP contribution in [-0.4, -0.2) is 49.4 Å². The van der Waals surface area contributed by atoms with Gasteiger partial charge in [0.1, 0.15) is 5.75 Å². The van der Waals surface area contributed by atoms with Crippen molar-refractivity contribution in [2.75, 3.05) is 25.0 Å². The summed E-state index contributed by atoms with van der Waals surface area (Å²) >= 11 is 0. The molecule has 0 radical (unpaired) electrons. The first-order chi connectivity index (χ1) is 12.8. The van der Waals surface area contributed by atoms with Crippen LogP contribution in [0.15, 0.2) is 47.4 Å². The summed E-state index contributed by atoms with van der Waals surface area (Å²) in [4.78, 5) is 12.5. The first-order valence-electron chi connectivity index (χ1n) is 8.72. The lowest BCUT2D eigenvalue weighted by Gasteiger charge is -2.32. The van der Waals surface area contributed by atoms with Gasteiger partial charge in [-0.05, 0) is 61.9 Å². The van der Waals surface area contributed by atoms with Gasteiger partial charge in [-0.3, -0.25) is 4.79 Å². The van der Waals surface area contributed by atoms with Gasteiger partial charge in [-0.2, -0.15) is 4.31 Å². The van der Waals surface area contributed by atoms with Gasteiger partial charge in [-0.15, -0.1) is 0 Å². The summed E-state index contributed by atoms with van der Waals surface area (Å²) in [6.07, 6.45) is 0.